The average Bonchev–Trinajstić information content (AvgIpc) is 3.38. The van der Waals surface area contributed by atoms with Crippen molar-refractivity contribution in [2.24, 2.45) is 0 Å². The molecule has 0 aliphatic carbocycles. The topological polar surface area (TPSA) is 82.2 Å². The Morgan fingerprint density at radius 2 is 2.26 bits per heavy atom. The molecule has 0 aliphatic rings. The average molecular weight is 407 g/mol. The highest BCUT2D eigenvalue weighted by Gasteiger charge is 2.17. The number of methoxy groups -OCH3 is 1. The van der Waals surface area contributed by atoms with E-state index >= 15 is 0 Å². The highest BCUT2D eigenvalue weighted by atomic mass is 32.2. The molecule has 3 rings (SSSR count). The summed E-state index contributed by atoms with van der Waals surface area (Å²) >= 11 is 2.84. The van der Waals surface area contributed by atoms with Crippen LogP contribution in [0.5, 0.6) is 0 Å². The zero-order valence-corrected chi connectivity index (χ0v) is 17.2. The summed E-state index contributed by atoms with van der Waals surface area (Å²) in [5.41, 5.74) is 2.81. The maximum absolute atomic E-state index is 12.6. The Balaban J connectivity index is 1.55. The number of furan rings is 1. The van der Waals surface area contributed by atoms with E-state index in [9.17, 15) is 4.79 Å². The Kier molecular flexibility index (Phi) is 6.70. The van der Waals surface area contributed by atoms with Gasteiger partial charge in [0.15, 0.2) is 10.1 Å². The quantitative estimate of drug-likeness (QED) is 0.405. The van der Waals surface area contributed by atoms with Gasteiger partial charge in [-0.15, -0.1) is 10.2 Å². The Morgan fingerprint density at radius 1 is 1.41 bits per heavy atom. The van der Waals surface area contributed by atoms with E-state index in [0.717, 1.165) is 33.6 Å². The van der Waals surface area contributed by atoms with Crippen molar-refractivity contribution in [2.45, 2.75) is 31.3 Å². The molecule has 0 saturated carbocycles. The number of carbonyl (C=O) groups excluding carboxylic acids is 1. The molecular formula is C18H22N4O3S2. The molecule has 0 spiro atoms. The van der Waals surface area contributed by atoms with Crippen LogP contribution in [0.2, 0.25) is 0 Å². The van der Waals surface area contributed by atoms with E-state index in [4.69, 9.17) is 9.15 Å². The van der Waals surface area contributed by atoms with Gasteiger partial charge in [-0.05, 0) is 32.0 Å². The van der Waals surface area contributed by atoms with Crippen LogP contribution in [-0.2, 0) is 17.8 Å². The molecule has 3 heterocycles. The molecule has 0 bridgehead atoms. The van der Waals surface area contributed by atoms with Crippen LogP contribution in [0.15, 0.2) is 33.2 Å². The number of carbonyl (C=O) groups is 1. The number of thioether (sulfide) groups is 1. The lowest BCUT2D eigenvalue weighted by molar-refractivity contribution is 0.102. The second-order valence-electron chi connectivity index (χ2n) is 5.95. The van der Waals surface area contributed by atoms with E-state index in [1.165, 1.54) is 23.1 Å². The Hall–Kier alpha value is -2.10. The number of nitrogens with one attached hydrogen (secondary N) is 1. The van der Waals surface area contributed by atoms with E-state index in [2.05, 4.69) is 20.1 Å². The molecule has 27 heavy (non-hydrogen) atoms. The third kappa shape index (κ3) is 5.00. The molecule has 1 N–H and O–H groups in total. The summed E-state index contributed by atoms with van der Waals surface area (Å²) in [6.45, 7) is 5.90. The number of ketones is 1. The maximum Gasteiger partial charge on any atom is 0.206 e. The van der Waals surface area contributed by atoms with E-state index < -0.39 is 0 Å². The van der Waals surface area contributed by atoms with Crippen molar-refractivity contribution in [3.8, 4) is 0 Å². The zero-order chi connectivity index (χ0) is 19.2. The van der Waals surface area contributed by atoms with Crippen LogP contribution in [0.4, 0.5) is 5.13 Å². The minimum Gasteiger partial charge on any atom is -0.467 e. The second-order valence-corrected chi connectivity index (χ2v) is 8.15. The van der Waals surface area contributed by atoms with Crippen LogP contribution < -0.4 is 5.32 Å². The molecule has 3 aromatic heterocycles. The van der Waals surface area contributed by atoms with E-state index in [1.54, 1.807) is 13.4 Å². The van der Waals surface area contributed by atoms with E-state index in [1.807, 2.05) is 32.0 Å². The monoisotopic (exact) mass is 406 g/mol. The normalized spacial score (nSPS) is 11.1. The molecule has 0 fully saturated rings. The lowest BCUT2D eigenvalue weighted by atomic mass is 10.2. The van der Waals surface area contributed by atoms with Gasteiger partial charge in [0.1, 0.15) is 5.76 Å². The zero-order valence-electron chi connectivity index (χ0n) is 15.5. The largest absolute Gasteiger partial charge is 0.467 e. The highest BCUT2D eigenvalue weighted by Crippen LogP contribution is 2.27. The van der Waals surface area contributed by atoms with Gasteiger partial charge in [-0.3, -0.25) is 4.79 Å². The first-order valence-corrected chi connectivity index (χ1v) is 10.3. The van der Waals surface area contributed by atoms with Crippen LogP contribution in [-0.4, -0.2) is 40.0 Å². The number of nitrogens with zero attached hydrogens (tertiary/aromatic N) is 3. The van der Waals surface area contributed by atoms with Crippen LogP contribution in [0.3, 0.4) is 0 Å². The summed E-state index contributed by atoms with van der Waals surface area (Å²) in [5, 5.41) is 12.1. The van der Waals surface area contributed by atoms with Crippen LogP contribution in [0.1, 0.15) is 27.5 Å². The number of hydrogen-bond donors (Lipinski definition) is 1. The summed E-state index contributed by atoms with van der Waals surface area (Å²) in [6.07, 6.45) is 1.64. The van der Waals surface area contributed by atoms with Gasteiger partial charge in [0.05, 0.1) is 25.2 Å². The predicted molar refractivity (Wildman–Crippen MR) is 107 cm³/mol. The predicted octanol–water partition coefficient (Wildman–Crippen LogP) is 3.78. The van der Waals surface area contributed by atoms with Crippen molar-refractivity contribution >= 4 is 34.0 Å². The highest BCUT2D eigenvalue weighted by molar-refractivity contribution is 8.01. The molecule has 9 heteroatoms. The van der Waals surface area contributed by atoms with Crippen molar-refractivity contribution in [2.75, 3.05) is 24.8 Å². The first kappa shape index (κ1) is 19.7. The number of hydrogen-bond acceptors (Lipinski definition) is 8. The summed E-state index contributed by atoms with van der Waals surface area (Å²) in [7, 11) is 1.68. The van der Waals surface area contributed by atoms with Gasteiger partial charge >= 0.3 is 0 Å². The number of aryl methyl sites for hydroxylation is 1. The standard InChI is InChI=1S/C18H22N4O3S2/c1-12-9-15(13(2)22(12)6-8-24-3)16(23)11-26-18-21-20-17(27-18)19-10-14-5-4-7-25-14/h4-5,7,9H,6,8,10-11H2,1-3H3,(H,19,20). The fourth-order valence-electron chi connectivity index (χ4n) is 2.73. The molecule has 0 saturated heterocycles. The first-order chi connectivity index (χ1) is 13.1. The Bertz CT molecular complexity index is 887. The summed E-state index contributed by atoms with van der Waals surface area (Å²) in [4.78, 5) is 12.6. The first-order valence-electron chi connectivity index (χ1n) is 8.50. The molecular weight excluding hydrogens is 384 g/mol. The third-order valence-corrected chi connectivity index (χ3v) is 6.13. The van der Waals surface area contributed by atoms with Gasteiger partial charge < -0.3 is 19.0 Å². The molecule has 144 valence electrons. The van der Waals surface area contributed by atoms with Crippen LogP contribution in [0.25, 0.3) is 0 Å². The number of rotatable bonds is 10. The van der Waals surface area contributed by atoms with Gasteiger partial charge in [0.2, 0.25) is 5.13 Å². The van der Waals surface area contributed by atoms with E-state index in [0.29, 0.717) is 24.0 Å². The SMILES string of the molecule is COCCn1c(C)cc(C(=O)CSc2nnc(NCc3ccco3)s2)c1C. The van der Waals surface area contributed by atoms with Crippen molar-refractivity contribution in [1.29, 1.82) is 0 Å². The molecule has 0 amide bonds. The fourth-order valence-corrected chi connectivity index (χ4v) is 4.36. The summed E-state index contributed by atoms with van der Waals surface area (Å²) in [6, 6.07) is 5.69. The number of Topliss-reactive ketones (excluding diaryl/α,β-unsaturated/α-hetero) is 1. The molecule has 0 aliphatic heterocycles. The van der Waals surface area contributed by atoms with E-state index in [-0.39, 0.29) is 5.78 Å². The molecule has 0 unspecified atom stereocenters. The molecule has 0 aromatic carbocycles. The van der Waals surface area contributed by atoms with Crippen LogP contribution >= 0.6 is 23.1 Å². The van der Waals surface area contributed by atoms with Gasteiger partial charge in [0.25, 0.3) is 0 Å². The number of ether oxygens (including phenoxy) is 1. The minimum absolute atomic E-state index is 0.0945. The lowest BCUT2D eigenvalue weighted by Gasteiger charge is -2.08. The van der Waals surface area contributed by atoms with Crippen molar-refractivity contribution < 1.29 is 13.9 Å². The number of anilines is 1. The molecule has 0 atom stereocenters. The van der Waals surface area contributed by atoms with Crippen LogP contribution in [0, 0.1) is 13.8 Å². The smallest absolute Gasteiger partial charge is 0.206 e. The van der Waals surface area contributed by atoms with Gasteiger partial charge in [-0.25, -0.2) is 0 Å². The number of aromatic nitrogens is 3. The van der Waals surface area contributed by atoms with Gasteiger partial charge in [-0.1, -0.05) is 23.1 Å². The summed E-state index contributed by atoms with van der Waals surface area (Å²) in [5.74, 6) is 1.26. The van der Waals surface area contributed by atoms with Gasteiger partial charge in [0, 0.05) is 30.6 Å². The second kappa shape index (κ2) is 9.20. The van der Waals surface area contributed by atoms with Crippen molar-refractivity contribution in [1.82, 2.24) is 14.8 Å². The fraction of sp³-hybridized carbons (Fsp3) is 0.389. The Labute approximate surface area is 166 Å². The Morgan fingerprint density at radius 3 is 3.00 bits per heavy atom. The lowest BCUT2D eigenvalue weighted by Crippen LogP contribution is -2.09. The molecule has 0 radical (unpaired) electrons. The van der Waals surface area contributed by atoms with Gasteiger partial charge in [-0.2, -0.15) is 0 Å². The molecule has 7 nitrogen and oxygen atoms in total. The minimum atomic E-state index is 0.0945. The maximum atomic E-state index is 12.6. The third-order valence-electron chi connectivity index (χ3n) is 4.12. The van der Waals surface area contributed by atoms with Crippen molar-refractivity contribution in [3.63, 3.8) is 0 Å². The van der Waals surface area contributed by atoms with Crippen molar-refractivity contribution in [3.05, 3.63) is 47.2 Å². The summed E-state index contributed by atoms with van der Waals surface area (Å²) < 4.78 is 13.3. The molecule has 3 aromatic rings.